The Hall–Kier alpha value is -8.40. The first-order valence-electron chi connectivity index (χ1n) is 21.6. The normalized spacial score (nSPS) is 11.5. The van der Waals surface area contributed by atoms with Crippen LogP contribution in [-0.2, 0) is 0 Å². The SMILES string of the molecule is c1ccc(-c2ccccc2N(c2ccc(-c3ccc4c(c3)c3ccccc3n4-c3ccccc3)cc2)c2ccc3c(c2)c2c(-c4ccccc4)cccc2n3-c2ccccc2)cc1. The Morgan fingerprint density at radius 3 is 1.48 bits per heavy atom. The first-order chi connectivity index (χ1) is 31.3. The molecule has 0 radical (unpaired) electrons. The molecule has 0 amide bonds. The molecule has 10 aromatic carbocycles. The van der Waals surface area contributed by atoms with Gasteiger partial charge in [-0.15, -0.1) is 0 Å². The molecule has 0 N–H and O–H groups in total. The van der Waals surface area contributed by atoms with Gasteiger partial charge in [0.25, 0.3) is 0 Å². The van der Waals surface area contributed by atoms with Gasteiger partial charge in [-0.25, -0.2) is 0 Å². The lowest BCUT2D eigenvalue weighted by Gasteiger charge is -2.28. The van der Waals surface area contributed by atoms with Crippen LogP contribution in [0, 0.1) is 0 Å². The summed E-state index contributed by atoms with van der Waals surface area (Å²) in [5.74, 6) is 0. The number of aromatic nitrogens is 2. The molecule has 0 aliphatic rings. The average molecular weight is 804 g/mol. The predicted molar refractivity (Wildman–Crippen MR) is 266 cm³/mol. The molecule has 12 aromatic rings. The summed E-state index contributed by atoms with van der Waals surface area (Å²) in [5.41, 5.74) is 17.4. The van der Waals surface area contributed by atoms with E-state index in [9.17, 15) is 0 Å². The third-order valence-corrected chi connectivity index (χ3v) is 12.5. The van der Waals surface area contributed by atoms with E-state index < -0.39 is 0 Å². The van der Waals surface area contributed by atoms with Crippen molar-refractivity contribution in [3.8, 4) is 44.8 Å². The number of rotatable bonds is 8. The molecule has 0 atom stereocenters. The minimum absolute atomic E-state index is 1.08. The smallest absolute Gasteiger partial charge is 0.0547 e. The molecule has 0 saturated carbocycles. The monoisotopic (exact) mass is 803 g/mol. The van der Waals surface area contributed by atoms with Crippen LogP contribution in [0.1, 0.15) is 0 Å². The number of hydrogen-bond donors (Lipinski definition) is 0. The van der Waals surface area contributed by atoms with E-state index in [2.05, 4.69) is 263 Å². The Bertz CT molecular complexity index is 3590. The minimum atomic E-state index is 1.08. The van der Waals surface area contributed by atoms with Gasteiger partial charge in [-0.05, 0) is 113 Å². The van der Waals surface area contributed by atoms with Gasteiger partial charge in [0.2, 0.25) is 0 Å². The Kier molecular flexibility index (Phi) is 8.83. The van der Waals surface area contributed by atoms with E-state index in [1.165, 1.54) is 77.0 Å². The summed E-state index contributed by atoms with van der Waals surface area (Å²) in [6.45, 7) is 0. The Morgan fingerprint density at radius 2 is 0.762 bits per heavy atom. The average Bonchev–Trinajstić information content (AvgIpc) is 3.88. The molecule has 0 fully saturated rings. The molecular weight excluding hydrogens is 763 g/mol. The first-order valence-corrected chi connectivity index (χ1v) is 21.6. The molecule has 3 heteroatoms. The summed E-state index contributed by atoms with van der Waals surface area (Å²) in [6, 6.07) is 90.1. The zero-order valence-electron chi connectivity index (χ0n) is 34.5. The van der Waals surface area contributed by atoms with Crippen molar-refractivity contribution in [2.75, 3.05) is 4.90 Å². The van der Waals surface area contributed by atoms with Crippen molar-refractivity contribution in [1.29, 1.82) is 0 Å². The minimum Gasteiger partial charge on any atom is -0.310 e. The highest BCUT2D eigenvalue weighted by Gasteiger charge is 2.22. The van der Waals surface area contributed by atoms with E-state index in [0.29, 0.717) is 0 Å². The highest BCUT2D eigenvalue weighted by molar-refractivity contribution is 6.17. The second-order valence-electron chi connectivity index (χ2n) is 16.1. The fraction of sp³-hybridized carbons (Fsp3) is 0. The lowest BCUT2D eigenvalue weighted by molar-refractivity contribution is 1.18. The lowest BCUT2D eigenvalue weighted by atomic mass is 9.98. The maximum Gasteiger partial charge on any atom is 0.0547 e. The maximum absolute atomic E-state index is 2.43. The summed E-state index contributed by atoms with van der Waals surface area (Å²) in [7, 11) is 0. The standard InChI is InChI=1S/C60H41N3/c1-5-18-43(19-6-1)50-26-13-15-29-55(50)61(48-35-32-42(33-36-48)45-34-38-57-53(40-45)52-27-14-16-30-56(52)62(57)46-22-9-3-10-23-46)49-37-39-58-54(41-49)60-51(44-20-7-2-8-21-44)28-17-31-59(60)63(58)47-24-11-4-12-25-47/h1-41H. The lowest BCUT2D eigenvalue weighted by Crippen LogP contribution is -2.11. The number of fused-ring (bicyclic) bond motifs is 6. The van der Waals surface area contributed by atoms with Crippen LogP contribution in [0.4, 0.5) is 17.1 Å². The van der Waals surface area contributed by atoms with Crippen molar-refractivity contribution in [2.24, 2.45) is 0 Å². The molecule has 296 valence electrons. The number of anilines is 3. The highest BCUT2D eigenvalue weighted by Crippen LogP contribution is 2.45. The molecule has 0 unspecified atom stereocenters. The van der Waals surface area contributed by atoms with Crippen LogP contribution in [0.15, 0.2) is 249 Å². The molecule has 63 heavy (non-hydrogen) atoms. The molecule has 0 saturated heterocycles. The molecule has 12 rings (SSSR count). The topological polar surface area (TPSA) is 13.1 Å². The van der Waals surface area contributed by atoms with Crippen LogP contribution in [0.2, 0.25) is 0 Å². The largest absolute Gasteiger partial charge is 0.310 e. The summed E-state index contributed by atoms with van der Waals surface area (Å²) < 4.78 is 4.78. The predicted octanol–water partition coefficient (Wildman–Crippen LogP) is 16.4. The van der Waals surface area contributed by atoms with Gasteiger partial charge in [0.15, 0.2) is 0 Å². The van der Waals surface area contributed by atoms with E-state index in [1.807, 2.05) is 0 Å². The fourth-order valence-corrected chi connectivity index (χ4v) is 9.68. The van der Waals surface area contributed by atoms with E-state index in [-0.39, 0.29) is 0 Å². The second kappa shape index (κ2) is 15.3. The fourth-order valence-electron chi connectivity index (χ4n) is 9.68. The highest BCUT2D eigenvalue weighted by atomic mass is 15.1. The van der Waals surface area contributed by atoms with E-state index in [1.54, 1.807) is 0 Å². The Balaban J connectivity index is 1.05. The van der Waals surface area contributed by atoms with Gasteiger partial charge in [-0.1, -0.05) is 164 Å². The van der Waals surface area contributed by atoms with Gasteiger partial charge < -0.3 is 14.0 Å². The van der Waals surface area contributed by atoms with Gasteiger partial charge >= 0.3 is 0 Å². The molecule has 2 heterocycles. The number of nitrogens with zero attached hydrogens (tertiary/aromatic N) is 3. The van der Waals surface area contributed by atoms with Gasteiger partial charge in [-0.3, -0.25) is 0 Å². The number of hydrogen-bond acceptors (Lipinski definition) is 1. The summed E-state index contributed by atoms with van der Waals surface area (Å²) >= 11 is 0. The van der Waals surface area contributed by atoms with Crippen LogP contribution in [-0.4, -0.2) is 9.13 Å². The third kappa shape index (κ3) is 6.21. The van der Waals surface area contributed by atoms with E-state index >= 15 is 0 Å². The van der Waals surface area contributed by atoms with Crippen LogP contribution in [0.25, 0.3) is 88.4 Å². The van der Waals surface area contributed by atoms with Crippen LogP contribution in [0.5, 0.6) is 0 Å². The molecule has 0 aliphatic heterocycles. The molecule has 0 aliphatic carbocycles. The van der Waals surface area contributed by atoms with Gasteiger partial charge in [0.05, 0.1) is 27.8 Å². The van der Waals surface area contributed by atoms with Crippen LogP contribution >= 0.6 is 0 Å². The van der Waals surface area contributed by atoms with Crippen molar-refractivity contribution >= 4 is 60.7 Å². The van der Waals surface area contributed by atoms with Crippen molar-refractivity contribution in [2.45, 2.75) is 0 Å². The molecular formula is C60H41N3. The quantitative estimate of drug-likeness (QED) is 0.149. The van der Waals surface area contributed by atoms with Crippen LogP contribution in [0.3, 0.4) is 0 Å². The Labute approximate surface area is 366 Å². The molecule has 3 nitrogen and oxygen atoms in total. The number of para-hydroxylation sites is 4. The maximum atomic E-state index is 2.43. The van der Waals surface area contributed by atoms with Crippen LogP contribution < -0.4 is 4.90 Å². The van der Waals surface area contributed by atoms with Crippen molar-refractivity contribution in [3.63, 3.8) is 0 Å². The molecule has 0 spiro atoms. The zero-order chi connectivity index (χ0) is 41.7. The number of benzene rings is 10. The molecule has 0 bridgehead atoms. The zero-order valence-corrected chi connectivity index (χ0v) is 34.5. The summed E-state index contributed by atoms with van der Waals surface area (Å²) in [6.07, 6.45) is 0. The van der Waals surface area contributed by atoms with Crippen molar-refractivity contribution in [3.05, 3.63) is 249 Å². The first kappa shape index (κ1) is 36.5. The molecule has 2 aromatic heterocycles. The second-order valence-corrected chi connectivity index (χ2v) is 16.1. The summed E-state index contributed by atoms with van der Waals surface area (Å²) in [4.78, 5) is 2.43. The third-order valence-electron chi connectivity index (χ3n) is 12.5. The van der Waals surface area contributed by atoms with E-state index in [0.717, 1.165) is 28.4 Å². The van der Waals surface area contributed by atoms with Gasteiger partial charge in [0, 0.05) is 49.9 Å². The van der Waals surface area contributed by atoms with Gasteiger partial charge in [0.1, 0.15) is 0 Å². The summed E-state index contributed by atoms with van der Waals surface area (Å²) in [5, 5.41) is 4.93. The van der Waals surface area contributed by atoms with Crippen molar-refractivity contribution in [1.82, 2.24) is 9.13 Å². The van der Waals surface area contributed by atoms with Crippen molar-refractivity contribution < 1.29 is 0 Å². The van der Waals surface area contributed by atoms with Gasteiger partial charge in [-0.2, -0.15) is 0 Å². The Morgan fingerprint density at radius 1 is 0.270 bits per heavy atom. The van der Waals surface area contributed by atoms with E-state index in [4.69, 9.17) is 0 Å².